The van der Waals surface area contributed by atoms with E-state index in [9.17, 15) is 21.6 Å². The highest BCUT2D eigenvalue weighted by molar-refractivity contribution is 7.92. The van der Waals surface area contributed by atoms with Gasteiger partial charge in [0.1, 0.15) is 0 Å². The molecule has 1 aromatic carbocycles. The van der Waals surface area contributed by atoms with Crippen LogP contribution in [0.3, 0.4) is 0 Å². The minimum absolute atomic E-state index is 0.0155. The number of rotatable bonds is 4. The average Bonchev–Trinajstić information content (AvgIpc) is 3.09. The summed E-state index contributed by atoms with van der Waals surface area (Å²) in [5.74, 6) is 0.437. The van der Waals surface area contributed by atoms with Gasteiger partial charge in [0.2, 0.25) is 0 Å². The lowest BCUT2D eigenvalue weighted by Crippen LogP contribution is -2.24. The van der Waals surface area contributed by atoms with Crippen molar-refractivity contribution < 1.29 is 21.6 Å². The SMILES string of the molecule is O=S(=O)(c1ccccc1NCC1CC1)C(F)(F)F. The molecule has 1 saturated carbocycles. The Hall–Kier alpha value is -1.24. The summed E-state index contributed by atoms with van der Waals surface area (Å²) in [5.41, 5.74) is -5.26. The predicted molar refractivity (Wildman–Crippen MR) is 60.9 cm³/mol. The maximum Gasteiger partial charge on any atom is 0.501 e. The van der Waals surface area contributed by atoms with Crippen LogP contribution in [-0.4, -0.2) is 20.5 Å². The highest BCUT2D eigenvalue weighted by Crippen LogP contribution is 2.35. The van der Waals surface area contributed by atoms with Crippen LogP contribution in [0.4, 0.5) is 18.9 Å². The van der Waals surface area contributed by atoms with E-state index in [2.05, 4.69) is 5.32 Å². The Morgan fingerprint density at radius 1 is 1.22 bits per heavy atom. The Kier molecular flexibility index (Phi) is 3.27. The molecule has 0 aliphatic heterocycles. The summed E-state index contributed by atoms with van der Waals surface area (Å²) in [7, 11) is -5.30. The molecule has 1 aliphatic carbocycles. The molecule has 0 radical (unpaired) electrons. The molecular weight excluding hydrogens is 267 g/mol. The fourth-order valence-corrected chi connectivity index (χ4v) is 2.48. The zero-order valence-corrected chi connectivity index (χ0v) is 10.2. The van der Waals surface area contributed by atoms with Crippen LogP contribution in [0.15, 0.2) is 29.2 Å². The van der Waals surface area contributed by atoms with Crippen molar-refractivity contribution in [3.63, 3.8) is 0 Å². The van der Waals surface area contributed by atoms with Crippen LogP contribution >= 0.6 is 0 Å². The fourth-order valence-electron chi connectivity index (χ4n) is 1.55. The maximum absolute atomic E-state index is 12.5. The van der Waals surface area contributed by atoms with Crippen molar-refractivity contribution in [1.29, 1.82) is 0 Å². The van der Waals surface area contributed by atoms with E-state index in [1.54, 1.807) is 0 Å². The first-order valence-corrected chi connectivity index (χ1v) is 6.95. The molecule has 18 heavy (non-hydrogen) atoms. The zero-order valence-electron chi connectivity index (χ0n) is 9.37. The summed E-state index contributed by atoms with van der Waals surface area (Å²) >= 11 is 0. The minimum atomic E-state index is -5.30. The lowest BCUT2D eigenvalue weighted by atomic mass is 10.3. The monoisotopic (exact) mass is 279 g/mol. The predicted octanol–water partition coefficient (Wildman–Crippen LogP) is 2.80. The van der Waals surface area contributed by atoms with E-state index in [1.807, 2.05) is 0 Å². The molecule has 3 nitrogen and oxygen atoms in total. The van der Waals surface area contributed by atoms with Crippen LogP contribution in [0.5, 0.6) is 0 Å². The van der Waals surface area contributed by atoms with Crippen molar-refractivity contribution in [2.24, 2.45) is 5.92 Å². The van der Waals surface area contributed by atoms with E-state index in [4.69, 9.17) is 0 Å². The third-order valence-electron chi connectivity index (χ3n) is 2.76. The highest BCUT2D eigenvalue weighted by atomic mass is 32.2. The maximum atomic E-state index is 12.5. The molecule has 2 rings (SSSR count). The second-order valence-corrected chi connectivity index (χ2v) is 6.18. The van der Waals surface area contributed by atoms with Crippen LogP contribution in [0.1, 0.15) is 12.8 Å². The lowest BCUT2D eigenvalue weighted by molar-refractivity contribution is -0.0435. The quantitative estimate of drug-likeness (QED) is 0.921. The molecule has 0 bridgehead atoms. The lowest BCUT2D eigenvalue weighted by Gasteiger charge is -2.13. The van der Waals surface area contributed by atoms with Crippen LogP contribution in [0, 0.1) is 5.92 Å². The van der Waals surface area contributed by atoms with Gasteiger partial charge in [-0.05, 0) is 30.9 Å². The number of sulfone groups is 1. The molecule has 1 aliphatic rings. The Morgan fingerprint density at radius 3 is 2.39 bits per heavy atom. The Bertz CT molecular complexity index is 535. The Morgan fingerprint density at radius 2 is 1.83 bits per heavy atom. The van der Waals surface area contributed by atoms with Crippen molar-refractivity contribution in [3.05, 3.63) is 24.3 Å². The molecule has 1 N–H and O–H groups in total. The van der Waals surface area contributed by atoms with Gasteiger partial charge in [-0.1, -0.05) is 12.1 Å². The van der Waals surface area contributed by atoms with Gasteiger partial charge in [0.05, 0.1) is 10.6 Å². The standard InChI is InChI=1S/C11H12F3NO2S/c12-11(13,14)18(16,17)10-4-2-1-3-9(10)15-7-8-5-6-8/h1-4,8,15H,5-7H2. The van der Waals surface area contributed by atoms with Gasteiger partial charge >= 0.3 is 5.51 Å². The van der Waals surface area contributed by atoms with Crippen LogP contribution < -0.4 is 5.32 Å². The molecule has 100 valence electrons. The minimum Gasteiger partial charge on any atom is -0.384 e. The van der Waals surface area contributed by atoms with E-state index in [-0.39, 0.29) is 5.69 Å². The van der Waals surface area contributed by atoms with Crippen molar-refractivity contribution in [1.82, 2.24) is 0 Å². The first-order valence-electron chi connectivity index (χ1n) is 5.46. The number of halogens is 3. The summed E-state index contributed by atoms with van der Waals surface area (Å²) in [6.07, 6.45) is 2.06. The van der Waals surface area contributed by atoms with Crippen LogP contribution in [0.25, 0.3) is 0 Å². The van der Waals surface area contributed by atoms with Gasteiger partial charge in [0.25, 0.3) is 9.84 Å². The number of alkyl halides is 3. The number of benzene rings is 1. The molecule has 1 fully saturated rings. The Balaban J connectivity index is 2.31. The molecule has 7 heteroatoms. The van der Waals surface area contributed by atoms with Crippen LogP contribution in [-0.2, 0) is 9.84 Å². The number of nitrogens with one attached hydrogen (secondary N) is 1. The first kappa shape index (κ1) is 13.2. The van der Waals surface area contributed by atoms with Crippen molar-refractivity contribution in [2.45, 2.75) is 23.2 Å². The summed E-state index contributed by atoms with van der Waals surface area (Å²) < 4.78 is 60.2. The number of para-hydroxylation sites is 1. The van der Waals surface area contributed by atoms with Gasteiger partial charge < -0.3 is 5.32 Å². The Labute approximate surface area is 103 Å². The number of hydrogen-bond donors (Lipinski definition) is 1. The van der Waals surface area contributed by atoms with Crippen molar-refractivity contribution in [2.75, 3.05) is 11.9 Å². The first-order chi connectivity index (χ1) is 8.32. The van der Waals surface area contributed by atoms with Crippen molar-refractivity contribution >= 4 is 15.5 Å². The van der Waals surface area contributed by atoms with E-state index in [1.165, 1.54) is 18.2 Å². The van der Waals surface area contributed by atoms with E-state index < -0.39 is 20.2 Å². The van der Waals surface area contributed by atoms with Gasteiger partial charge in [-0.15, -0.1) is 0 Å². The highest BCUT2D eigenvalue weighted by Gasteiger charge is 2.47. The van der Waals surface area contributed by atoms with Gasteiger partial charge in [0.15, 0.2) is 0 Å². The molecular formula is C11H12F3NO2S. The van der Waals surface area contributed by atoms with E-state index in [0.717, 1.165) is 18.9 Å². The summed E-state index contributed by atoms with van der Waals surface area (Å²) in [6, 6.07) is 5.10. The molecule has 0 spiro atoms. The second kappa shape index (κ2) is 4.46. The molecule has 0 aromatic heterocycles. The fraction of sp³-hybridized carbons (Fsp3) is 0.455. The molecule has 0 saturated heterocycles. The van der Waals surface area contributed by atoms with Crippen LogP contribution in [0.2, 0.25) is 0 Å². The van der Waals surface area contributed by atoms with Crippen molar-refractivity contribution in [3.8, 4) is 0 Å². The number of anilines is 1. The third kappa shape index (κ3) is 2.60. The second-order valence-electron chi connectivity index (χ2n) is 4.27. The number of hydrogen-bond acceptors (Lipinski definition) is 3. The molecule has 0 atom stereocenters. The third-order valence-corrected chi connectivity index (χ3v) is 4.30. The van der Waals surface area contributed by atoms with Gasteiger partial charge in [0, 0.05) is 6.54 Å². The molecule has 0 heterocycles. The molecule has 0 unspecified atom stereocenters. The summed E-state index contributed by atoms with van der Waals surface area (Å²) in [5, 5.41) is 2.77. The largest absolute Gasteiger partial charge is 0.501 e. The van der Waals surface area contributed by atoms with E-state index in [0.29, 0.717) is 12.5 Å². The molecule has 0 amide bonds. The van der Waals surface area contributed by atoms with Gasteiger partial charge in [-0.25, -0.2) is 8.42 Å². The van der Waals surface area contributed by atoms with Gasteiger partial charge in [-0.2, -0.15) is 13.2 Å². The normalized spacial score (nSPS) is 16.6. The zero-order chi connectivity index (χ0) is 13.4. The smallest absolute Gasteiger partial charge is 0.384 e. The van der Waals surface area contributed by atoms with Gasteiger partial charge in [-0.3, -0.25) is 0 Å². The summed E-state index contributed by atoms with van der Waals surface area (Å²) in [4.78, 5) is -0.710. The average molecular weight is 279 g/mol. The topological polar surface area (TPSA) is 46.2 Å². The summed E-state index contributed by atoms with van der Waals surface area (Å²) in [6.45, 7) is 0.504. The molecule has 1 aromatic rings. The van der Waals surface area contributed by atoms with E-state index >= 15 is 0 Å².